The van der Waals surface area contributed by atoms with Crippen molar-refractivity contribution >= 4 is 22.4 Å². The number of carbonyl (C=O) groups is 2. The van der Waals surface area contributed by atoms with Gasteiger partial charge < -0.3 is 19.0 Å². The first-order valence-electron chi connectivity index (χ1n) is 7.18. The van der Waals surface area contributed by atoms with Crippen molar-refractivity contribution in [1.29, 1.82) is 0 Å². The summed E-state index contributed by atoms with van der Waals surface area (Å²) < 4.78 is 47.7. The molecule has 25 heavy (non-hydrogen) atoms. The summed E-state index contributed by atoms with van der Waals surface area (Å²) in [6.45, 7) is 5.15. The molecule has 1 aromatic carbocycles. The van der Waals surface area contributed by atoms with Crippen LogP contribution in [0.1, 0.15) is 36.7 Å². The van der Waals surface area contributed by atoms with Crippen molar-refractivity contribution in [2.45, 2.75) is 32.9 Å². The predicted octanol–water partition coefficient (Wildman–Crippen LogP) is 1.50. The number of nitrogens with one attached hydrogen (secondary N) is 1. The normalized spacial score (nSPS) is 11.7. The molecule has 0 spiro atoms. The Bertz CT molecular complexity index is 741. The molecule has 0 amide bonds. The predicted molar refractivity (Wildman–Crippen MR) is 86.0 cm³/mol. The molecule has 0 radical (unpaired) electrons. The Morgan fingerprint density at radius 2 is 1.84 bits per heavy atom. The highest BCUT2D eigenvalue weighted by molar-refractivity contribution is 7.81. The van der Waals surface area contributed by atoms with E-state index >= 15 is 0 Å². The second-order valence-corrected chi connectivity index (χ2v) is 6.98. The lowest BCUT2D eigenvalue weighted by Gasteiger charge is -2.19. The number of ether oxygens (including phenoxy) is 2. The number of hydrogen-bond acceptors (Lipinski definition) is 8. The van der Waals surface area contributed by atoms with Crippen LogP contribution in [-0.2, 0) is 31.3 Å². The van der Waals surface area contributed by atoms with Gasteiger partial charge in [-0.25, -0.2) is 4.79 Å². The molecular formula is C15H20FNO7S. The van der Waals surface area contributed by atoms with Gasteiger partial charge in [-0.3, -0.25) is 4.79 Å². The maximum Gasteiger partial charge on any atom is 0.488 e. The summed E-state index contributed by atoms with van der Waals surface area (Å²) in [6.07, 6.45) is 0. The van der Waals surface area contributed by atoms with E-state index in [0.717, 1.165) is 13.2 Å². The SMILES string of the molecule is COC(=O)c1cc(CNCC(=O)OC(C)(C)C)cc(OS(=O)(=O)F)c1. The minimum atomic E-state index is -5.24. The van der Waals surface area contributed by atoms with E-state index in [-0.39, 0.29) is 24.4 Å². The minimum absolute atomic E-state index is 0.0299. The van der Waals surface area contributed by atoms with Gasteiger partial charge >= 0.3 is 22.4 Å². The quantitative estimate of drug-likeness (QED) is 0.563. The topological polar surface area (TPSA) is 108 Å². The van der Waals surface area contributed by atoms with Crippen LogP contribution in [0.15, 0.2) is 18.2 Å². The van der Waals surface area contributed by atoms with Crippen molar-refractivity contribution in [2.75, 3.05) is 13.7 Å². The Morgan fingerprint density at radius 1 is 1.20 bits per heavy atom. The summed E-state index contributed by atoms with van der Waals surface area (Å²) >= 11 is 0. The first kappa shape index (κ1) is 20.8. The third-order valence-corrected chi connectivity index (χ3v) is 2.99. The average Bonchev–Trinajstić information content (AvgIpc) is 2.42. The molecule has 8 nitrogen and oxygen atoms in total. The number of hydrogen-bond donors (Lipinski definition) is 1. The van der Waals surface area contributed by atoms with Gasteiger partial charge in [0.2, 0.25) is 0 Å². The van der Waals surface area contributed by atoms with E-state index in [1.54, 1.807) is 20.8 Å². The zero-order valence-corrected chi connectivity index (χ0v) is 15.1. The summed E-state index contributed by atoms with van der Waals surface area (Å²) in [5, 5.41) is 2.77. The van der Waals surface area contributed by atoms with Gasteiger partial charge in [-0.05, 0) is 44.5 Å². The Kier molecular flexibility index (Phi) is 6.88. The molecule has 0 atom stereocenters. The van der Waals surface area contributed by atoms with Gasteiger partial charge in [0.25, 0.3) is 0 Å². The fourth-order valence-corrected chi connectivity index (χ4v) is 2.17. The van der Waals surface area contributed by atoms with Crippen LogP contribution >= 0.6 is 0 Å². The largest absolute Gasteiger partial charge is 0.488 e. The summed E-state index contributed by atoms with van der Waals surface area (Å²) in [4.78, 5) is 23.2. The van der Waals surface area contributed by atoms with Gasteiger partial charge in [0.1, 0.15) is 11.4 Å². The summed E-state index contributed by atoms with van der Waals surface area (Å²) in [7, 11) is -4.10. The lowest BCUT2D eigenvalue weighted by molar-refractivity contribution is -0.153. The number of rotatable bonds is 7. The molecule has 0 heterocycles. The Labute approximate surface area is 145 Å². The van der Waals surface area contributed by atoms with Crippen molar-refractivity contribution in [2.24, 2.45) is 0 Å². The Morgan fingerprint density at radius 3 is 2.36 bits per heavy atom. The maximum atomic E-state index is 12.7. The zero-order chi connectivity index (χ0) is 19.3. The van der Waals surface area contributed by atoms with E-state index in [9.17, 15) is 21.9 Å². The number of methoxy groups -OCH3 is 1. The lowest BCUT2D eigenvalue weighted by Crippen LogP contribution is -2.31. The van der Waals surface area contributed by atoms with Gasteiger partial charge in [-0.1, -0.05) is 3.89 Å². The van der Waals surface area contributed by atoms with Crippen LogP contribution in [0, 0.1) is 0 Å². The van der Waals surface area contributed by atoms with Crippen molar-refractivity contribution < 1.29 is 35.5 Å². The van der Waals surface area contributed by atoms with Crippen LogP contribution in [0.4, 0.5) is 3.89 Å². The maximum absolute atomic E-state index is 12.7. The van der Waals surface area contributed by atoms with Gasteiger partial charge in [-0.15, -0.1) is 0 Å². The molecule has 0 bridgehead atoms. The van der Waals surface area contributed by atoms with Crippen LogP contribution < -0.4 is 9.50 Å². The fourth-order valence-electron chi connectivity index (χ4n) is 1.85. The van der Waals surface area contributed by atoms with E-state index in [4.69, 9.17) is 4.74 Å². The van der Waals surface area contributed by atoms with Gasteiger partial charge in [0, 0.05) is 6.54 Å². The van der Waals surface area contributed by atoms with Crippen LogP contribution in [0.25, 0.3) is 0 Å². The van der Waals surface area contributed by atoms with Crippen LogP contribution in [0.2, 0.25) is 0 Å². The smallest absolute Gasteiger partial charge is 0.465 e. The molecule has 10 heteroatoms. The first-order valence-corrected chi connectivity index (χ1v) is 8.49. The average molecular weight is 377 g/mol. The van der Waals surface area contributed by atoms with E-state index in [2.05, 4.69) is 14.2 Å². The number of carbonyl (C=O) groups excluding carboxylic acids is 2. The number of benzene rings is 1. The van der Waals surface area contributed by atoms with Crippen LogP contribution in [-0.4, -0.2) is 39.6 Å². The van der Waals surface area contributed by atoms with Gasteiger partial charge in [0.15, 0.2) is 0 Å². The fraction of sp³-hybridized carbons (Fsp3) is 0.467. The van der Waals surface area contributed by atoms with E-state index in [1.165, 1.54) is 12.1 Å². The molecule has 0 fully saturated rings. The first-order chi connectivity index (χ1) is 11.4. The van der Waals surface area contributed by atoms with Crippen molar-refractivity contribution in [1.82, 2.24) is 5.32 Å². The highest BCUT2D eigenvalue weighted by Gasteiger charge is 2.17. The second kappa shape index (κ2) is 8.26. The number of halogens is 1. The molecule has 1 aromatic rings. The Balaban J connectivity index is 2.85. The molecule has 0 aliphatic rings. The minimum Gasteiger partial charge on any atom is -0.465 e. The number of esters is 2. The van der Waals surface area contributed by atoms with E-state index in [1.807, 2.05) is 0 Å². The lowest BCUT2D eigenvalue weighted by atomic mass is 10.1. The summed E-state index contributed by atoms with van der Waals surface area (Å²) in [5.74, 6) is -1.63. The highest BCUT2D eigenvalue weighted by Crippen LogP contribution is 2.20. The third-order valence-electron chi connectivity index (χ3n) is 2.60. The molecule has 0 saturated heterocycles. The summed E-state index contributed by atoms with van der Waals surface area (Å²) in [5.41, 5.74) is -0.275. The van der Waals surface area contributed by atoms with Crippen molar-refractivity contribution in [3.63, 3.8) is 0 Å². The molecule has 140 valence electrons. The van der Waals surface area contributed by atoms with Crippen molar-refractivity contribution in [3.05, 3.63) is 29.3 Å². The molecule has 1 rings (SSSR count). The van der Waals surface area contributed by atoms with Crippen LogP contribution in [0.3, 0.4) is 0 Å². The standard InChI is InChI=1S/C15H20FNO7S/c1-15(2,3)23-13(18)9-17-8-10-5-11(14(19)22-4)7-12(6-10)24-25(16,20)21/h5-7,17H,8-9H2,1-4H3. The van der Waals surface area contributed by atoms with Gasteiger partial charge in [-0.2, -0.15) is 8.42 Å². The molecule has 0 saturated carbocycles. The highest BCUT2D eigenvalue weighted by atomic mass is 32.3. The third kappa shape index (κ3) is 8.45. The van der Waals surface area contributed by atoms with E-state index in [0.29, 0.717) is 5.56 Å². The van der Waals surface area contributed by atoms with Crippen LogP contribution in [0.5, 0.6) is 5.75 Å². The molecule has 0 aliphatic carbocycles. The van der Waals surface area contributed by atoms with Crippen molar-refractivity contribution in [3.8, 4) is 5.75 Å². The molecule has 0 aromatic heterocycles. The monoisotopic (exact) mass is 377 g/mol. The molecule has 0 aliphatic heterocycles. The molecule has 1 N–H and O–H groups in total. The zero-order valence-electron chi connectivity index (χ0n) is 14.3. The summed E-state index contributed by atoms with van der Waals surface area (Å²) in [6, 6.07) is 3.64. The van der Waals surface area contributed by atoms with E-state index < -0.39 is 28.0 Å². The second-order valence-electron chi connectivity index (χ2n) is 6.02. The molecule has 0 unspecified atom stereocenters. The Hall–Kier alpha value is -2.20. The van der Waals surface area contributed by atoms with Gasteiger partial charge in [0.05, 0.1) is 19.2 Å². The molecular weight excluding hydrogens is 357 g/mol.